The summed E-state index contributed by atoms with van der Waals surface area (Å²) in [6, 6.07) is 6.25. The summed E-state index contributed by atoms with van der Waals surface area (Å²) < 4.78 is 13.6. The van der Waals surface area contributed by atoms with Crippen LogP contribution < -0.4 is 0 Å². The fourth-order valence-corrected chi connectivity index (χ4v) is 1.98. The van der Waals surface area contributed by atoms with E-state index in [1.807, 2.05) is 6.07 Å². The molecule has 3 nitrogen and oxygen atoms in total. The lowest BCUT2D eigenvalue weighted by molar-refractivity contribution is -0.133. The minimum absolute atomic E-state index is 0.0833. The number of rotatable bonds is 2. The van der Waals surface area contributed by atoms with E-state index in [1.54, 1.807) is 17.0 Å². The van der Waals surface area contributed by atoms with E-state index < -0.39 is 5.82 Å². The van der Waals surface area contributed by atoms with Gasteiger partial charge in [0.15, 0.2) is 0 Å². The number of piperidine rings is 1. The first-order valence-electron chi connectivity index (χ1n) is 5.67. The Morgan fingerprint density at radius 2 is 2.24 bits per heavy atom. The summed E-state index contributed by atoms with van der Waals surface area (Å²) in [5, 5.41) is 8.64. The molecule has 0 radical (unpaired) electrons. The lowest BCUT2D eigenvalue weighted by atomic mass is 10.1. The first kappa shape index (κ1) is 11.6. The van der Waals surface area contributed by atoms with Crippen molar-refractivity contribution >= 4 is 5.91 Å². The molecule has 0 spiro atoms. The van der Waals surface area contributed by atoms with Crippen LogP contribution in [0.1, 0.15) is 30.4 Å². The summed E-state index contributed by atoms with van der Waals surface area (Å²) in [5.74, 6) is -0.331. The monoisotopic (exact) mass is 232 g/mol. The van der Waals surface area contributed by atoms with Crippen molar-refractivity contribution in [2.75, 3.05) is 6.54 Å². The number of carbonyl (C=O) groups excluding carboxylic acids is 1. The molecule has 0 bridgehead atoms. The van der Waals surface area contributed by atoms with Crippen molar-refractivity contribution in [3.05, 3.63) is 35.1 Å². The quantitative estimate of drug-likeness (QED) is 0.784. The maximum absolute atomic E-state index is 13.6. The molecular weight excluding hydrogens is 219 g/mol. The van der Waals surface area contributed by atoms with Crippen LogP contribution in [0.3, 0.4) is 0 Å². The van der Waals surface area contributed by atoms with Crippen molar-refractivity contribution in [1.82, 2.24) is 4.90 Å². The Kier molecular flexibility index (Phi) is 3.38. The highest BCUT2D eigenvalue weighted by atomic mass is 19.1. The average molecular weight is 232 g/mol. The molecule has 1 aromatic rings. The summed E-state index contributed by atoms with van der Waals surface area (Å²) in [6.45, 7) is 0.995. The Bertz CT molecular complexity index is 479. The molecule has 1 aromatic carbocycles. The lowest BCUT2D eigenvalue weighted by Crippen LogP contribution is -2.34. The molecule has 0 unspecified atom stereocenters. The van der Waals surface area contributed by atoms with Gasteiger partial charge in [-0.3, -0.25) is 4.79 Å². The normalized spacial score (nSPS) is 15.8. The molecule has 1 aliphatic heterocycles. The Balaban J connectivity index is 2.13. The van der Waals surface area contributed by atoms with Crippen LogP contribution in [-0.2, 0) is 11.3 Å². The Morgan fingerprint density at radius 3 is 2.88 bits per heavy atom. The molecule has 1 amide bonds. The summed E-state index contributed by atoms with van der Waals surface area (Å²) in [5.41, 5.74) is 0.774. The van der Waals surface area contributed by atoms with Gasteiger partial charge in [-0.25, -0.2) is 4.39 Å². The van der Waals surface area contributed by atoms with Gasteiger partial charge in [0.2, 0.25) is 5.91 Å². The largest absolute Gasteiger partial charge is 0.338 e. The third-order valence-corrected chi connectivity index (χ3v) is 2.96. The molecule has 1 fully saturated rings. The van der Waals surface area contributed by atoms with Crippen LogP contribution in [0.5, 0.6) is 0 Å². The number of halogens is 1. The zero-order valence-corrected chi connectivity index (χ0v) is 9.45. The van der Waals surface area contributed by atoms with Crippen molar-refractivity contribution < 1.29 is 9.18 Å². The number of nitrogens with zero attached hydrogens (tertiary/aromatic N) is 2. The van der Waals surface area contributed by atoms with Crippen LogP contribution in [0, 0.1) is 17.1 Å². The standard InChI is InChI=1S/C13H13FN2O/c14-12-7-10(8-15)4-5-11(12)9-16-6-2-1-3-13(16)17/h4-5,7H,1-3,6,9H2. The third kappa shape index (κ3) is 2.62. The summed E-state index contributed by atoms with van der Waals surface area (Å²) in [6.07, 6.45) is 2.45. The number of likely N-dealkylation sites (tertiary alicyclic amines) is 1. The second-order valence-electron chi connectivity index (χ2n) is 4.19. The van der Waals surface area contributed by atoms with Gasteiger partial charge in [0, 0.05) is 25.1 Å². The minimum Gasteiger partial charge on any atom is -0.338 e. The predicted molar refractivity (Wildman–Crippen MR) is 60.4 cm³/mol. The highest BCUT2D eigenvalue weighted by molar-refractivity contribution is 5.76. The SMILES string of the molecule is N#Cc1ccc(CN2CCCCC2=O)c(F)c1. The van der Waals surface area contributed by atoms with Gasteiger partial charge in [-0.1, -0.05) is 6.07 Å². The number of amides is 1. The van der Waals surface area contributed by atoms with Gasteiger partial charge in [-0.2, -0.15) is 5.26 Å². The van der Waals surface area contributed by atoms with Crippen molar-refractivity contribution in [3.8, 4) is 6.07 Å². The number of hydrogen-bond donors (Lipinski definition) is 0. The van der Waals surface area contributed by atoms with Gasteiger partial charge >= 0.3 is 0 Å². The lowest BCUT2D eigenvalue weighted by Gasteiger charge is -2.26. The molecule has 0 N–H and O–H groups in total. The van der Waals surface area contributed by atoms with Crippen LogP contribution in [0.2, 0.25) is 0 Å². The van der Waals surface area contributed by atoms with E-state index in [9.17, 15) is 9.18 Å². The average Bonchev–Trinajstić information content (AvgIpc) is 2.34. The predicted octanol–water partition coefficient (Wildman–Crippen LogP) is 2.21. The van der Waals surface area contributed by atoms with Gasteiger partial charge in [-0.15, -0.1) is 0 Å². The Hall–Kier alpha value is -1.89. The van der Waals surface area contributed by atoms with Gasteiger partial charge in [0.1, 0.15) is 5.82 Å². The Labute approximate surface area is 99.5 Å². The summed E-state index contributed by atoms with van der Waals surface area (Å²) in [4.78, 5) is 13.3. The van der Waals surface area contributed by atoms with E-state index in [0.29, 0.717) is 30.6 Å². The molecule has 4 heteroatoms. The Morgan fingerprint density at radius 1 is 1.41 bits per heavy atom. The maximum Gasteiger partial charge on any atom is 0.222 e. The zero-order chi connectivity index (χ0) is 12.3. The van der Waals surface area contributed by atoms with Crippen LogP contribution >= 0.6 is 0 Å². The fraction of sp³-hybridized carbons (Fsp3) is 0.385. The van der Waals surface area contributed by atoms with Crippen molar-refractivity contribution in [3.63, 3.8) is 0 Å². The number of nitriles is 1. The molecule has 0 atom stereocenters. The second-order valence-corrected chi connectivity index (χ2v) is 4.19. The molecule has 17 heavy (non-hydrogen) atoms. The van der Waals surface area contributed by atoms with Crippen molar-refractivity contribution in [1.29, 1.82) is 5.26 Å². The highest BCUT2D eigenvalue weighted by Crippen LogP contribution is 2.17. The van der Waals surface area contributed by atoms with Crippen molar-refractivity contribution in [2.24, 2.45) is 0 Å². The molecule has 1 saturated heterocycles. The van der Waals surface area contributed by atoms with E-state index >= 15 is 0 Å². The van der Waals surface area contributed by atoms with Crippen LogP contribution in [0.25, 0.3) is 0 Å². The minimum atomic E-state index is -0.414. The van der Waals surface area contributed by atoms with E-state index in [4.69, 9.17) is 5.26 Å². The molecule has 0 aromatic heterocycles. The molecule has 1 heterocycles. The summed E-state index contributed by atoms with van der Waals surface area (Å²) in [7, 11) is 0. The van der Waals surface area contributed by atoms with Crippen LogP contribution in [0.4, 0.5) is 4.39 Å². The number of benzene rings is 1. The van der Waals surface area contributed by atoms with Crippen LogP contribution in [0.15, 0.2) is 18.2 Å². The molecule has 2 rings (SSSR count). The fourth-order valence-electron chi connectivity index (χ4n) is 1.98. The first-order valence-corrected chi connectivity index (χ1v) is 5.67. The molecule has 0 aliphatic carbocycles. The first-order chi connectivity index (χ1) is 8.20. The van der Waals surface area contributed by atoms with Crippen LogP contribution in [-0.4, -0.2) is 17.4 Å². The van der Waals surface area contributed by atoms with E-state index in [2.05, 4.69) is 0 Å². The maximum atomic E-state index is 13.6. The zero-order valence-electron chi connectivity index (χ0n) is 9.45. The second kappa shape index (κ2) is 4.96. The topological polar surface area (TPSA) is 44.1 Å². The number of hydrogen-bond acceptors (Lipinski definition) is 2. The molecule has 1 aliphatic rings. The van der Waals surface area contributed by atoms with Gasteiger partial charge < -0.3 is 4.90 Å². The van der Waals surface area contributed by atoms with E-state index in [0.717, 1.165) is 12.8 Å². The van der Waals surface area contributed by atoms with Gasteiger partial charge in [0.05, 0.1) is 11.6 Å². The number of carbonyl (C=O) groups is 1. The van der Waals surface area contributed by atoms with Gasteiger partial charge in [0.25, 0.3) is 0 Å². The highest BCUT2D eigenvalue weighted by Gasteiger charge is 2.19. The smallest absolute Gasteiger partial charge is 0.222 e. The summed E-state index contributed by atoms with van der Waals surface area (Å²) >= 11 is 0. The van der Waals surface area contributed by atoms with Gasteiger partial charge in [-0.05, 0) is 25.0 Å². The van der Waals surface area contributed by atoms with E-state index in [-0.39, 0.29) is 5.91 Å². The van der Waals surface area contributed by atoms with E-state index in [1.165, 1.54) is 6.07 Å². The third-order valence-electron chi connectivity index (χ3n) is 2.96. The van der Waals surface area contributed by atoms with Crippen molar-refractivity contribution in [2.45, 2.75) is 25.8 Å². The molecule has 0 saturated carbocycles. The molecular formula is C13H13FN2O. The molecule has 88 valence electrons.